The van der Waals surface area contributed by atoms with Gasteiger partial charge < -0.3 is 10.2 Å². The molecule has 0 spiro atoms. The summed E-state index contributed by atoms with van der Waals surface area (Å²) in [7, 11) is -3.76. The first-order valence-electron chi connectivity index (χ1n) is 15.7. The van der Waals surface area contributed by atoms with Gasteiger partial charge in [0.2, 0.25) is 21.8 Å². The van der Waals surface area contributed by atoms with Gasteiger partial charge in [-0.2, -0.15) is 0 Å². The minimum atomic E-state index is -3.76. The smallest absolute Gasteiger partial charge is 0.244 e. The van der Waals surface area contributed by atoms with Crippen LogP contribution in [0.25, 0.3) is 0 Å². The first-order chi connectivity index (χ1) is 20.0. The van der Waals surface area contributed by atoms with Crippen molar-refractivity contribution >= 4 is 27.5 Å². The number of hydrogen-bond donors (Lipinski definition) is 1. The lowest BCUT2D eigenvalue weighted by Crippen LogP contribution is -2.51. The van der Waals surface area contributed by atoms with Gasteiger partial charge in [-0.3, -0.25) is 13.9 Å². The maximum atomic E-state index is 13.9. The molecule has 2 aromatic carbocycles. The minimum absolute atomic E-state index is 0.212. The molecule has 228 valence electrons. The first kappa shape index (κ1) is 30.6. The number of benzene rings is 2. The Balaban J connectivity index is 1.36. The van der Waals surface area contributed by atoms with Gasteiger partial charge in [-0.1, -0.05) is 55.3 Å². The van der Waals surface area contributed by atoms with Crippen molar-refractivity contribution in [1.82, 2.24) is 10.2 Å². The predicted molar refractivity (Wildman–Crippen MR) is 168 cm³/mol. The van der Waals surface area contributed by atoms with E-state index in [0.29, 0.717) is 12.2 Å². The van der Waals surface area contributed by atoms with Crippen LogP contribution in [0.1, 0.15) is 81.9 Å². The van der Waals surface area contributed by atoms with E-state index in [-0.39, 0.29) is 24.4 Å². The van der Waals surface area contributed by atoms with Crippen LogP contribution in [0.2, 0.25) is 0 Å². The fourth-order valence-electron chi connectivity index (χ4n) is 8.07. The SMILES string of the molecule is CCCCNC(=O)C(C)N(Cc1ccc(C)cc1)C(=O)CN(c1ccc(C23CC4CC(CC(C4)C2)C3)cc1)S(C)(=O)=O. The van der Waals surface area contributed by atoms with Crippen LogP contribution < -0.4 is 9.62 Å². The van der Waals surface area contributed by atoms with Gasteiger partial charge in [0, 0.05) is 13.1 Å². The van der Waals surface area contributed by atoms with E-state index < -0.39 is 22.0 Å². The molecule has 7 nitrogen and oxygen atoms in total. The summed E-state index contributed by atoms with van der Waals surface area (Å²) in [6, 6.07) is 15.0. The zero-order chi connectivity index (χ0) is 30.1. The molecule has 1 atom stereocenters. The Hall–Kier alpha value is -2.87. The molecule has 4 fully saturated rings. The van der Waals surface area contributed by atoms with Crippen molar-refractivity contribution in [3.63, 3.8) is 0 Å². The zero-order valence-corrected chi connectivity index (χ0v) is 26.5. The van der Waals surface area contributed by atoms with Gasteiger partial charge in [0.05, 0.1) is 11.9 Å². The van der Waals surface area contributed by atoms with Crippen molar-refractivity contribution in [3.05, 3.63) is 65.2 Å². The second kappa shape index (κ2) is 12.4. The van der Waals surface area contributed by atoms with Crippen molar-refractivity contribution in [2.45, 2.75) is 90.1 Å². The molecule has 0 aromatic heterocycles. The zero-order valence-electron chi connectivity index (χ0n) is 25.6. The molecule has 4 aliphatic rings. The summed E-state index contributed by atoms with van der Waals surface area (Å²) in [4.78, 5) is 28.4. The highest BCUT2D eigenvalue weighted by molar-refractivity contribution is 7.92. The van der Waals surface area contributed by atoms with Crippen LogP contribution in [-0.4, -0.2) is 50.5 Å². The Kier molecular flexibility index (Phi) is 9.02. The topological polar surface area (TPSA) is 86.8 Å². The Bertz CT molecular complexity index is 1340. The molecule has 42 heavy (non-hydrogen) atoms. The van der Waals surface area contributed by atoms with Crippen LogP contribution in [-0.2, 0) is 31.6 Å². The van der Waals surface area contributed by atoms with E-state index >= 15 is 0 Å². The molecule has 2 amide bonds. The molecule has 8 heteroatoms. The number of nitrogens with one attached hydrogen (secondary N) is 1. The predicted octanol–water partition coefficient (Wildman–Crippen LogP) is 5.56. The van der Waals surface area contributed by atoms with Gasteiger partial charge in [0.25, 0.3) is 0 Å². The molecule has 6 rings (SSSR count). The summed E-state index contributed by atoms with van der Waals surface area (Å²) in [5.74, 6) is 1.81. The first-order valence-corrected chi connectivity index (χ1v) is 17.5. The van der Waals surface area contributed by atoms with Crippen LogP contribution in [0.3, 0.4) is 0 Å². The number of carbonyl (C=O) groups excluding carboxylic acids is 2. The average molecular weight is 594 g/mol. The Morgan fingerprint density at radius 3 is 2.05 bits per heavy atom. The highest BCUT2D eigenvalue weighted by atomic mass is 32.2. The third-order valence-corrected chi connectivity index (χ3v) is 11.1. The largest absolute Gasteiger partial charge is 0.354 e. The fourth-order valence-corrected chi connectivity index (χ4v) is 8.92. The number of sulfonamides is 1. The second-order valence-electron chi connectivity index (χ2n) is 13.3. The molecule has 0 saturated heterocycles. The second-order valence-corrected chi connectivity index (χ2v) is 15.2. The molecule has 4 saturated carbocycles. The van der Waals surface area contributed by atoms with Crippen LogP contribution >= 0.6 is 0 Å². The highest BCUT2D eigenvalue weighted by Gasteiger charge is 2.51. The molecule has 0 heterocycles. The lowest BCUT2D eigenvalue weighted by molar-refractivity contribution is -0.139. The quantitative estimate of drug-likeness (QED) is 0.327. The van der Waals surface area contributed by atoms with E-state index in [2.05, 4.69) is 24.4 Å². The molecule has 0 radical (unpaired) electrons. The van der Waals surface area contributed by atoms with Gasteiger partial charge in [-0.05, 0) is 105 Å². The van der Waals surface area contributed by atoms with E-state index in [9.17, 15) is 18.0 Å². The Morgan fingerprint density at radius 2 is 1.52 bits per heavy atom. The molecule has 4 bridgehead atoms. The number of amides is 2. The molecular formula is C34H47N3O4S. The van der Waals surface area contributed by atoms with Crippen molar-refractivity contribution in [2.24, 2.45) is 17.8 Å². The van der Waals surface area contributed by atoms with Crippen molar-refractivity contribution < 1.29 is 18.0 Å². The van der Waals surface area contributed by atoms with Crippen LogP contribution in [0, 0.1) is 24.7 Å². The van der Waals surface area contributed by atoms with Crippen molar-refractivity contribution in [1.29, 1.82) is 0 Å². The summed E-state index contributed by atoms with van der Waals surface area (Å²) < 4.78 is 27.3. The van der Waals surface area contributed by atoms with Crippen LogP contribution in [0.5, 0.6) is 0 Å². The minimum Gasteiger partial charge on any atom is -0.354 e. The third-order valence-electron chi connectivity index (χ3n) is 9.96. The van der Waals surface area contributed by atoms with E-state index in [0.717, 1.165) is 48.0 Å². The van der Waals surface area contributed by atoms with Gasteiger partial charge in [0.1, 0.15) is 12.6 Å². The van der Waals surface area contributed by atoms with E-state index in [1.54, 1.807) is 6.92 Å². The summed E-state index contributed by atoms with van der Waals surface area (Å²) >= 11 is 0. The number of rotatable bonds is 12. The number of anilines is 1. The molecular weight excluding hydrogens is 546 g/mol. The van der Waals surface area contributed by atoms with Crippen LogP contribution in [0.15, 0.2) is 48.5 Å². The Morgan fingerprint density at radius 1 is 0.952 bits per heavy atom. The Labute approximate surface area is 252 Å². The van der Waals surface area contributed by atoms with Gasteiger partial charge in [-0.15, -0.1) is 0 Å². The molecule has 2 aromatic rings. The third kappa shape index (κ3) is 6.69. The number of aryl methyl sites for hydroxylation is 1. The summed E-state index contributed by atoms with van der Waals surface area (Å²) in [6.45, 7) is 6.14. The monoisotopic (exact) mass is 593 g/mol. The van der Waals surface area contributed by atoms with E-state index in [1.807, 2.05) is 43.3 Å². The number of unbranched alkanes of at least 4 members (excludes halogenated alkanes) is 1. The van der Waals surface area contributed by atoms with Crippen molar-refractivity contribution in [2.75, 3.05) is 23.7 Å². The maximum absolute atomic E-state index is 13.9. The summed E-state index contributed by atoms with van der Waals surface area (Å²) in [5.41, 5.74) is 3.98. The van der Waals surface area contributed by atoms with Gasteiger partial charge in [0.15, 0.2) is 0 Å². The number of carbonyl (C=O) groups is 2. The number of hydrogen-bond acceptors (Lipinski definition) is 4. The van der Waals surface area contributed by atoms with E-state index in [4.69, 9.17) is 0 Å². The van der Waals surface area contributed by atoms with Crippen molar-refractivity contribution in [3.8, 4) is 0 Å². The molecule has 4 aliphatic carbocycles. The average Bonchev–Trinajstić information content (AvgIpc) is 2.94. The molecule has 1 unspecified atom stereocenters. The lowest BCUT2D eigenvalue weighted by Gasteiger charge is -2.57. The summed E-state index contributed by atoms with van der Waals surface area (Å²) in [5, 5.41) is 2.92. The number of nitrogens with zero attached hydrogens (tertiary/aromatic N) is 2. The maximum Gasteiger partial charge on any atom is 0.244 e. The highest BCUT2D eigenvalue weighted by Crippen LogP contribution is 2.60. The normalized spacial score (nSPS) is 25.2. The van der Waals surface area contributed by atoms with Gasteiger partial charge >= 0.3 is 0 Å². The standard InChI is InChI=1S/C34H47N3O4S/c1-5-6-15-35-33(39)25(3)36(22-26-9-7-24(2)8-10-26)32(38)23-37(42(4,40)41)31-13-11-30(12-14-31)34-19-27-16-28(20-34)18-29(17-27)21-34/h7-14,25,27-29H,5-6,15-23H2,1-4H3,(H,35,39). The van der Waals surface area contributed by atoms with Crippen LogP contribution in [0.4, 0.5) is 5.69 Å². The molecule has 0 aliphatic heterocycles. The molecule has 1 N–H and O–H groups in total. The fraction of sp³-hybridized carbons (Fsp3) is 0.588. The van der Waals surface area contributed by atoms with Gasteiger partial charge in [-0.25, -0.2) is 8.42 Å². The lowest BCUT2D eigenvalue weighted by atomic mass is 9.48. The summed E-state index contributed by atoms with van der Waals surface area (Å²) in [6.07, 6.45) is 10.8. The van der Waals surface area contributed by atoms with E-state index in [1.165, 1.54) is 53.3 Å².